The highest BCUT2D eigenvalue weighted by Gasteiger charge is 2.16. The van der Waals surface area contributed by atoms with Crippen molar-refractivity contribution < 1.29 is 9.59 Å². The van der Waals surface area contributed by atoms with Crippen LogP contribution in [0.5, 0.6) is 0 Å². The first-order valence-electron chi connectivity index (χ1n) is 7.81. The summed E-state index contributed by atoms with van der Waals surface area (Å²) in [6.45, 7) is 9.44. The molecule has 0 bridgehead atoms. The minimum Gasteiger partial charge on any atom is -0.342 e. The van der Waals surface area contributed by atoms with Gasteiger partial charge in [0, 0.05) is 13.1 Å². The van der Waals surface area contributed by atoms with Crippen molar-refractivity contribution in [3.8, 4) is 0 Å². The number of benzene rings is 1. The molecule has 0 saturated heterocycles. The van der Waals surface area contributed by atoms with E-state index in [0.717, 1.165) is 11.1 Å². The van der Waals surface area contributed by atoms with Crippen LogP contribution in [0.3, 0.4) is 0 Å². The second-order valence-electron chi connectivity index (χ2n) is 5.73. The van der Waals surface area contributed by atoms with Gasteiger partial charge in [0.1, 0.15) is 0 Å². The van der Waals surface area contributed by atoms with Crippen molar-refractivity contribution in [3.05, 3.63) is 28.3 Å². The monoisotopic (exact) mass is 339 g/mol. The number of likely N-dealkylation sites (N-methyl/N-ethyl adjacent to an activating group) is 2. The number of anilines is 1. The second-order valence-corrected chi connectivity index (χ2v) is 6.13. The van der Waals surface area contributed by atoms with Crippen LogP contribution in [0.4, 0.5) is 5.69 Å². The van der Waals surface area contributed by atoms with Crippen LogP contribution < -0.4 is 5.32 Å². The molecule has 5 nitrogen and oxygen atoms in total. The molecular weight excluding hydrogens is 314 g/mol. The van der Waals surface area contributed by atoms with E-state index in [-0.39, 0.29) is 24.9 Å². The first kappa shape index (κ1) is 19.5. The lowest BCUT2D eigenvalue weighted by Gasteiger charge is -2.23. The van der Waals surface area contributed by atoms with Crippen LogP contribution in [-0.4, -0.2) is 54.8 Å². The molecule has 0 spiro atoms. The van der Waals surface area contributed by atoms with Gasteiger partial charge in [0.05, 0.1) is 23.8 Å². The van der Waals surface area contributed by atoms with Gasteiger partial charge in [-0.05, 0) is 51.9 Å². The van der Waals surface area contributed by atoms with Crippen molar-refractivity contribution in [1.29, 1.82) is 0 Å². The normalized spacial score (nSPS) is 10.7. The minimum atomic E-state index is -0.186. The van der Waals surface area contributed by atoms with Crippen molar-refractivity contribution in [2.75, 3.05) is 38.5 Å². The third-order valence-corrected chi connectivity index (χ3v) is 3.93. The molecule has 0 atom stereocenters. The highest BCUT2D eigenvalue weighted by atomic mass is 35.5. The molecule has 1 rings (SSSR count). The van der Waals surface area contributed by atoms with E-state index in [1.165, 1.54) is 0 Å². The third kappa shape index (κ3) is 5.84. The number of amides is 2. The SMILES string of the molecule is CCN(CC)C(=O)CN(C)CC(=O)Nc1c(C)cc(C)cc1Cl. The summed E-state index contributed by atoms with van der Waals surface area (Å²) in [7, 11) is 1.75. The fraction of sp³-hybridized carbons (Fsp3) is 0.529. The average Bonchev–Trinajstić information content (AvgIpc) is 2.43. The Morgan fingerprint density at radius 1 is 1.13 bits per heavy atom. The summed E-state index contributed by atoms with van der Waals surface area (Å²) in [5.41, 5.74) is 2.60. The summed E-state index contributed by atoms with van der Waals surface area (Å²) in [5.74, 6) is -0.163. The maximum Gasteiger partial charge on any atom is 0.238 e. The topological polar surface area (TPSA) is 52.7 Å². The Morgan fingerprint density at radius 2 is 1.74 bits per heavy atom. The van der Waals surface area contributed by atoms with Gasteiger partial charge in [-0.15, -0.1) is 0 Å². The molecule has 23 heavy (non-hydrogen) atoms. The van der Waals surface area contributed by atoms with E-state index < -0.39 is 0 Å². The van der Waals surface area contributed by atoms with Gasteiger partial charge in [-0.2, -0.15) is 0 Å². The summed E-state index contributed by atoms with van der Waals surface area (Å²) in [5, 5.41) is 3.36. The lowest BCUT2D eigenvalue weighted by Crippen LogP contribution is -2.41. The summed E-state index contributed by atoms with van der Waals surface area (Å²) >= 11 is 6.19. The molecule has 0 aliphatic rings. The highest BCUT2D eigenvalue weighted by Crippen LogP contribution is 2.27. The Labute approximate surface area is 143 Å². The molecule has 0 radical (unpaired) electrons. The smallest absolute Gasteiger partial charge is 0.238 e. The average molecular weight is 340 g/mol. The number of hydrogen-bond acceptors (Lipinski definition) is 3. The van der Waals surface area contributed by atoms with Crippen molar-refractivity contribution in [1.82, 2.24) is 9.80 Å². The van der Waals surface area contributed by atoms with Gasteiger partial charge >= 0.3 is 0 Å². The van der Waals surface area contributed by atoms with Crippen LogP contribution in [0, 0.1) is 13.8 Å². The number of aryl methyl sites for hydroxylation is 2. The maximum atomic E-state index is 12.2. The van der Waals surface area contributed by atoms with Gasteiger partial charge in [0.2, 0.25) is 11.8 Å². The van der Waals surface area contributed by atoms with Gasteiger partial charge in [-0.1, -0.05) is 17.7 Å². The van der Waals surface area contributed by atoms with Crippen molar-refractivity contribution >= 4 is 29.1 Å². The number of nitrogens with zero attached hydrogens (tertiary/aromatic N) is 2. The van der Waals surface area contributed by atoms with Crippen LogP contribution in [0.1, 0.15) is 25.0 Å². The molecule has 1 aromatic carbocycles. The Balaban J connectivity index is 2.62. The molecule has 0 aromatic heterocycles. The summed E-state index contributed by atoms with van der Waals surface area (Å²) in [4.78, 5) is 27.6. The molecule has 0 fully saturated rings. The number of nitrogens with one attached hydrogen (secondary N) is 1. The Hall–Kier alpha value is -1.59. The molecule has 0 unspecified atom stereocenters. The maximum absolute atomic E-state index is 12.2. The van der Waals surface area contributed by atoms with Crippen LogP contribution in [0.2, 0.25) is 5.02 Å². The number of carbonyl (C=O) groups excluding carboxylic acids is 2. The van der Waals surface area contributed by atoms with Crippen LogP contribution >= 0.6 is 11.6 Å². The lowest BCUT2D eigenvalue weighted by molar-refractivity contribution is -0.132. The standard InChI is InChI=1S/C17H26ClN3O2/c1-6-21(7-2)16(23)11-20(5)10-15(22)19-17-13(4)8-12(3)9-14(17)18/h8-9H,6-7,10-11H2,1-5H3,(H,19,22). The lowest BCUT2D eigenvalue weighted by atomic mass is 10.1. The summed E-state index contributed by atoms with van der Waals surface area (Å²) in [6.07, 6.45) is 0. The largest absolute Gasteiger partial charge is 0.342 e. The predicted octanol–water partition coefficient (Wildman–Crippen LogP) is 2.70. The van der Waals surface area contributed by atoms with E-state index in [0.29, 0.717) is 23.8 Å². The van der Waals surface area contributed by atoms with Crippen LogP contribution in [0.15, 0.2) is 12.1 Å². The zero-order valence-corrected chi connectivity index (χ0v) is 15.3. The number of hydrogen-bond donors (Lipinski definition) is 1. The Kier molecular flexibility index (Phi) is 7.52. The van der Waals surface area contributed by atoms with Crippen molar-refractivity contribution in [2.45, 2.75) is 27.7 Å². The first-order chi connectivity index (χ1) is 10.8. The first-order valence-corrected chi connectivity index (χ1v) is 8.19. The van der Waals surface area contributed by atoms with Gasteiger partial charge in [-0.3, -0.25) is 14.5 Å². The van der Waals surface area contributed by atoms with Gasteiger partial charge in [0.15, 0.2) is 0 Å². The molecular formula is C17H26ClN3O2. The van der Waals surface area contributed by atoms with Crippen LogP contribution in [-0.2, 0) is 9.59 Å². The second kappa shape index (κ2) is 8.89. The number of carbonyl (C=O) groups is 2. The molecule has 0 heterocycles. The molecule has 128 valence electrons. The van der Waals surface area contributed by atoms with Crippen LogP contribution in [0.25, 0.3) is 0 Å². The van der Waals surface area contributed by atoms with E-state index in [1.807, 2.05) is 39.8 Å². The number of rotatable bonds is 7. The van der Waals surface area contributed by atoms with E-state index in [9.17, 15) is 9.59 Å². The molecule has 0 aliphatic heterocycles. The van der Waals surface area contributed by atoms with Crippen molar-refractivity contribution in [2.24, 2.45) is 0 Å². The molecule has 0 saturated carbocycles. The summed E-state index contributed by atoms with van der Waals surface area (Å²) in [6, 6.07) is 3.78. The van der Waals surface area contributed by atoms with E-state index >= 15 is 0 Å². The predicted molar refractivity (Wildman–Crippen MR) is 95.0 cm³/mol. The van der Waals surface area contributed by atoms with E-state index in [2.05, 4.69) is 5.32 Å². The van der Waals surface area contributed by atoms with E-state index in [4.69, 9.17) is 11.6 Å². The fourth-order valence-electron chi connectivity index (χ4n) is 2.46. The quantitative estimate of drug-likeness (QED) is 0.831. The third-order valence-electron chi connectivity index (χ3n) is 3.63. The highest BCUT2D eigenvalue weighted by molar-refractivity contribution is 6.34. The van der Waals surface area contributed by atoms with Gasteiger partial charge < -0.3 is 10.2 Å². The Morgan fingerprint density at radius 3 is 2.26 bits per heavy atom. The molecule has 1 N–H and O–H groups in total. The molecule has 2 amide bonds. The van der Waals surface area contributed by atoms with Gasteiger partial charge in [0.25, 0.3) is 0 Å². The minimum absolute atomic E-state index is 0.0230. The van der Waals surface area contributed by atoms with Crippen molar-refractivity contribution in [3.63, 3.8) is 0 Å². The fourth-order valence-corrected chi connectivity index (χ4v) is 2.83. The number of halogens is 1. The zero-order valence-electron chi connectivity index (χ0n) is 14.6. The summed E-state index contributed by atoms with van der Waals surface area (Å²) < 4.78 is 0. The molecule has 0 aliphatic carbocycles. The van der Waals surface area contributed by atoms with Gasteiger partial charge in [-0.25, -0.2) is 0 Å². The Bertz CT molecular complexity index is 548. The van der Waals surface area contributed by atoms with E-state index in [1.54, 1.807) is 16.8 Å². The molecule has 1 aromatic rings. The molecule has 6 heteroatoms. The zero-order chi connectivity index (χ0) is 17.6.